The number of nitrogens with one attached hydrogen (secondary N) is 2. The Kier molecular flexibility index (Phi) is 3.26. The molecule has 2 amide bonds. The van der Waals surface area contributed by atoms with Crippen molar-refractivity contribution in [2.45, 2.75) is 37.1 Å². The molecular weight excluding hydrogens is 300 g/mol. The van der Waals surface area contributed by atoms with Crippen molar-refractivity contribution in [1.82, 2.24) is 10.6 Å². The zero-order valence-electron chi connectivity index (χ0n) is 13.2. The summed E-state index contributed by atoms with van der Waals surface area (Å²) >= 11 is 0. The number of carbonyl (C=O) groups is 1. The zero-order valence-corrected chi connectivity index (χ0v) is 13.2. The van der Waals surface area contributed by atoms with Gasteiger partial charge in [-0.3, -0.25) is 5.32 Å². The van der Waals surface area contributed by atoms with E-state index in [2.05, 4.69) is 10.6 Å². The Morgan fingerprint density at radius 1 is 1.26 bits per heavy atom. The third-order valence-electron chi connectivity index (χ3n) is 4.77. The van der Waals surface area contributed by atoms with Crippen LogP contribution in [0.4, 0.5) is 4.79 Å². The molecule has 7 nitrogen and oxygen atoms in total. The van der Waals surface area contributed by atoms with Crippen LogP contribution in [-0.4, -0.2) is 38.7 Å². The van der Waals surface area contributed by atoms with E-state index < -0.39 is 5.72 Å². The van der Waals surface area contributed by atoms with E-state index in [0.717, 1.165) is 18.4 Å². The van der Waals surface area contributed by atoms with E-state index in [1.165, 1.54) is 0 Å². The van der Waals surface area contributed by atoms with E-state index in [4.69, 9.17) is 18.9 Å². The summed E-state index contributed by atoms with van der Waals surface area (Å²) in [6.45, 7) is 0.697. The Morgan fingerprint density at radius 2 is 2.04 bits per heavy atom. The van der Waals surface area contributed by atoms with Gasteiger partial charge in [-0.2, -0.15) is 0 Å². The molecule has 1 aromatic carbocycles. The Morgan fingerprint density at radius 3 is 2.74 bits per heavy atom. The predicted octanol–water partition coefficient (Wildman–Crippen LogP) is 1.72. The van der Waals surface area contributed by atoms with Gasteiger partial charge in [0.05, 0.1) is 20.3 Å². The quantitative estimate of drug-likeness (QED) is 0.886. The SMILES string of the molecule is COc1cc2c(cc1OC)C1CC(C3CCCO3)(NC(=O)N1)O2. The lowest BCUT2D eigenvalue weighted by atomic mass is 9.86. The number of amides is 2. The molecule has 0 aliphatic carbocycles. The average molecular weight is 320 g/mol. The van der Waals surface area contributed by atoms with Crippen LogP contribution in [0.5, 0.6) is 17.2 Å². The Hall–Kier alpha value is -2.15. The first-order valence-corrected chi connectivity index (χ1v) is 7.80. The second-order valence-electron chi connectivity index (χ2n) is 6.09. The summed E-state index contributed by atoms with van der Waals surface area (Å²) in [4.78, 5) is 12.1. The van der Waals surface area contributed by atoms with Crippen molar-refractivity contribution in [2.24, 2.45) is 0 Å². The van der Waals surface area contributed by atoms with Crippen molar-refractivity contribution in [3.05, 3.63) is 17.7 Å². The third-order valence-corrected chi connectivity index (χ3v) is 4.77. The lowest BCUT2D eigenvalue weighted by molar-refractivity contribution is -0.106. The fraction of sp³-hybridized carbons (Fsp3) is 0.562. The first-order chi connectivity index (χ1) is 11.1. The maximum absolute atomic E-state index is 12.1. The van der Waals surface area contributed by atoms with Crippen LogP contribution in [-0.2, 0) is 4.74 Å². The van der Waals surface area contributed by atoms with Crippen LogP contribution in [0.1, 0.15) is 30.9 Å². The maximum Gasteiger partial charge on any atom is 0.318 e. The van der Waals surface area contributed by atoms with E-state index in [1.807, 2.05) is 12.1 Å². The fourth-order valence-electron chi connectivity index (χ4n) is 3.70. The summed E-state index contributed by atoms with van der Waals surface area (Å²) in [6.07, 6.45) is 2.32. The van der Waals surface area contributed by atoms with Crippen molar-refractivity contribution in [1.29, 1.82) is 0 Å². The third kappa shape index (κ3) is 2.18. The van der Waals surface area contributed by atoms with E-state index in [-0.39, 0.29) is 18.2 Å². The van der Waals surface area contributed by atoms with Crippen LogP contribution in [0.3, 0.4) is 0 Å². The lowest BCUT2D eigenvalue weighted by Crippen LogP contribution is -2.69. The molecule has 2 N–H and O–H groups in total. The molecule has 3 heterocycles. The number of benzene rings is 1. The minimum atomic E-state index is -0.823. The first kappa shape index (κ1) is 14.4. The molecule has 23 heavy (non-hydrogen) atoms. The topological polar surface area (TPSA) is 78.0 Å². The second-order valence-corrected chi connectivity index (χ2v) is 6.09. The molecule has 0 aromatic heterocycles. The monoisotopic (exact) mass is 320 g/mol. The predicted molar refractivity (Wildman–Crippen MR) is 80.9 cm³/mol. The standard InChI is InChI=1S/C16H20N2O5/c1-20-12-6-9-10-8-16(18-15(19)17-10,14-4-3-5-22-14)23-11(9)7-13(12)21-2/h6-7,10,14H,3-5,8H2,1-2H3,(H2,17,18,19). The number of methoxy groups -OCH3 is 2. The lowest BCUT2D eigenvalue weighted by Gasteiger charge is -2.48. The van der Waals surface area contributed by atoms with E-state index in [0.29, 0.717) is 30.3 Å². The molecule has 0 spiro atoms. The summed E-state index contributed by atoms with van der Waals surface area (Å²) in [6, 6.07) is 3.29. The van der Waals surface area contributed by atoms with E-state index in [9.17, 15) is 4.79 Å². The molecule has 7 heteroatoms. The van der Waals surface area contributed by atoms with Gasteiger partial charge in [-0.05, 0) is 18.9 Å². The number of ether oxygens (including phenoxy) is 4. The summed E-state index contributed by atoms with van der Waals surface area (Å²) in [5.74, 6) is 1.90. The van der Waals surface area contributed by atoms with Crippen molar-refractivity contribution >= 4 is 6.03 Å². The smallest absolute Gasteiger partial charge is 0.318 e. The molecule has 3 atom stereocenters. The number of carbonyl (C=O) groups excluding carboxylic acids is 1. The molecule has 2 fully saturated rings. The fourth-order valence-corrected chi connectivity index (χ4v) is 3.70. The summed E-state index contributed by atoms with van der Waals surface area (Å²) in [5, 5.41) is 5.90. The molecule has 4 rings (SSSR count). The number of urea groups is 1. The zero-order chi connectivity index (χ0) is 16.0. The highest BCUT2D eigenvalue weighted by Gasteiger charge is 2.53. The average Bonchev–Trinajstić information content (AvgIpc) is 3.08. The highest BCUT2D eigenvalue weighted by atomic mass is 16.6. The largest absolute Gasteiger partial charge is 0.493 e. The number of rotatable bonds is 3. The van der Waals surface area contributed by atoms with Gasteiger partial charge in [0, 0.05) is 24.7 Å². The van der Waals surface area contributed by atoms with Crippen LogP contribution < -0.4 is 24.8 Å². The summed E-state index contributed by atoms with van der Waals surface area (Å²) in [5.41, 5.74) is 0.0712. The molecular formula is C16H20N2O5. The molecule has 124 valence electrons. The van der Waals surface area contributed by atoms with Gasteiger partial charge < -0.3 is 24.3 Å². The van der Waals surface area contributed by atoms with Crippen molar-refractivity contribution in [2.75, 3.05) is 20.8 Å². The number of fused-ring (bicyclic) bond motifs is 4. The molecule has 3 aliphatic heterocycles. The van der Waals surface area contributed by atoms with Crippen LogP contribution in [0, 0.1) is 0 Å². The maximum atomic E-state index is 12.1. The van der Waals surface area contributed by atoms with Gasteiger partial charge in [0.25, 0.3) is 0 Å². The van der Waals surface area contributed by atoms with Gasteiger partial charge in [-0.25, -0.2) is 4.79 Å². The first-order valence-electron chi connectivity index (χ1n) is 7.80. The van der Waals surface area contributed by atoms with Gasteiger partial charge in [-0.15, -0.1) is 0 Å². The van der Waals surface area contributed by atoms with Gasteiger partial charge in [0.2, 0.25) is 5.72 Å². The number of hydrogen-bond donors (Lipinski definition) is 2. The van der Waals surface area contributed by atoms with Gasteiger partial charge in [0.15, 0.2) is 11.5 Å². The molecule has 2 saturated heterocycles. The number of hydrogen-bond acceptors (Lipinski definition) is 5. The molecule has 3 unspecified atom stereocenters. The molecule has 2 bridgehead atoms. The summed E-state index contributed by atoms with van der Waals surface area (Å²) in [7, 11) is 3.18. The minimum Gasteiger partial charge on any atom is -0.493 e. The highest BCUT2D eigenvalue weighted by Crippen LogP contribution is 2.47. The van der Waals surface area contributed by atoms with Crippen LogP contribution in [0.25, 0.3) is 0 Å². The molecule has 0 radical (unpaired) electrons. The van der Waals surface area contributed by atoms with E-state index >= 15 is 0 Å². The van der Waals surface area contributed by atoms with Crippen molar-refractivity contribution in [3.63, 3.8) is 0 Å². The van der Waals surface area contributed by atoms with Crippen molar-refractivity contribution in [3.8, 4) is 17.2 Å². The normalized spacial score (nSPS) is 31.5. The van der Waals surface area contributed by atoms with Gasteiger partial charge >= 0.3 is 6.03 Å². The van der Waals surface area contributed by atoms with Crippen LogP contribution >= 0.6 is 0 Å². The van der Waals surface area contributed by atoms with Crippen LogP contribution in [0.2, 0.25) is 0 Å². The molecule has 1 aromatic rings. The Labute approximate surface area is 134 Å². The highest BCUT2D eigenvalue weighted by molar-refractivity contribution is 5.77. The van der Waals surface area contributed by atoms with Crippen molar-refractivity contribution < 1.29 is 23.7 Å². The van der Waals surface area contributed by atoms with Crippen LogP contribution in [0.15, 0.2) is 12.1 Å². The minimum absolute atomic E-state index is 0.141. The van der Waals surface area contributed by atoms with Gasteiger partial charge in [0.1, 0.15) is 11.9 Å². The van der Waals surface area contributed by atoms with E-state index in [1.54, 1.807) is 14.2 Å². The Balaban J connectivity index is 1.79. The summed E-state index contributed by atoms with van der Waals surface area (Å²) < 4.78 is 22.8. The van der Waals surface area contributed by atoms with Gasteiger partial charge in [-0.1, -0.05) is 0 Å². The molecule has 0 saturated carbocycles. The Bertz CT molecular complexity index is 644. The second kappa shape index (κ2) is 5.19. The molecule has 3 aliphatic rings.